The monoisotopic (exact) mass is 1120 g/mol. The third-order valence-electron chi connectivity index (χ3n) is 12.5. The maximum atomic E-state index is 10.8. The normalized spacial score (nSPS) is 11.1. The molecule has 0 amide bonds. The van der Waals surface area contributed by atoms with E-state index in [1.807, 2.05) is 36.4 Å². The first-order chi connectivity index (χ1) is 37.1. The van der Waals surface area contributed by atoms with Gasteiger partial charge in [0.25, 0.3) is 0 Å². The molecular weight excluding hydrogens is 1060 g/mol. The van der Waals surface area contributed by atoms with Crippen LogP contribution in [0.15, 0.2) is 218 Å². The zero-order chi connectivity index (χ0) is 55.0. The first-order valence-corrected chi connectivity index (χ1v) is 26.2. The Labute approximate surface area is 463 Å². The summed E-state index contributed by atoms with van der Waals surface area (Å²) in [4.78, 5) is 1.68. The Bertz CT molecular complexity index is 3230. The van der Waals surface area contributed by atoms with Crippen LogP contribution in [0.1, 0.15) is 20.8 Å². The molecule has 0 aliphatic heterocycles. The van der Waals surface area contributed by atoms with E-state index in [1.54, 1.807) is 4.90 Å². The summed E-state index contributed by atoms with van der Waals surface area (Å²) in [5.74, 6) is -0.0169. The molecular formula is C59H57BF3FeN7O6S. The molecule has 2 N–H and O–H groups in total. The standard InChI is InChI=1S/C45H34BN6.C7H8O3.C6H15N.CHF3O3S.Fe/c1-7-19-34(20-8-1)40-31-43(37-25-13-4-14-26-37)50(47-40)46(51-44(38-27-15-5-16-28-38)32-41(48-51)35-21-9-2-10-22-35)52-45(39-29-17-6-18-30-39)33-42(49-52)36-23-11-3-12-24-36;1-10-7-4-5(8)2-3-6(7)9;1-4-7(5-2)6-3;2-1(3,4)8(5,6)7;/h1-33,46H;2-4,8-9H,1H3;4-6H2,1-3H3;(H,5,6,7);/q-1;;;;+2/p-1. The molecule has 0 spiro atoms. The molecule has 0 radical (unpaired) electrons. The molecule has 10 rings (SSSR count). The van der Waals surface area contributed by atoms with Crippen LogP contribution in [0.25, 0.3) is 67.5 Å². The minimum absolute atomic E-state index is 0. The van der Waals surface area contributed by atoms with E-state index in [-0.39, 0.29) is 34.3 Å². The van der Waals surface area contributed by atoms with Crippen molar-refractivity contribution in [3.63, 3.8) is 0 Å². The largest absolute Gasteiger partial charge is 2.00 e. The molecule has 0 fully saturated rings. The number of nitrogens with zero attached hydrogens (tertiary/aromatic N) is 6. The van der Waals surface area contributed by atoms with Gasteiger partial charge in [0.1, 0.15) is 11.5 Å². The van der Waals surface area contributed by atoms with E-state index < -0.39 is 22.7 Å². The average molecular weight is 1120 g/mol. The van der Waals surface area contributed by atoms with Crippen LogP contribution < -0.4 is 14.7 Å². The van der Waals surface area contributed by atoms with Crippen molar-refractivity contribution >= 4 is 17.2 Å². The van der Waals surface area contributed by atoms with Crippen LogP contribution in [-0.4, -0.2) is 86.5 Å². The molecule has 19 heteroatoms. The van der Waals surface area contributed by atoms with Crippen molar-refractivity contribution in [2.24, 2.45) is 0 Å². The molecule has 10 aromatic rings. The number of hydrogen-bond acceptors (Lipinski definition) is 9. The van der Waals surface area contributed by atoms with Gasteiger partial charge in [0.05, 0.1) is 43.8 Å². The molecule has 0 bridgehead atoms. The maximum Gasteiger partial charge on any atom is 2.00 e. The van der Waals surface area contributed by atoms with Crippen molar-refractivity contribution < 1.29 is 63.1 Å². The number of aromatic hydroxyl groups is 1. The number of ether oxygens (including phenoxy) is 1. The molecule has 0 aliphatic carbocycles. The summed E-state index contributed by atoms with van der Waals surface area (Å²) in [6.45, 7) is 10.5. The van der Waals surface area contributed by atoms with E-state index in [1.165, 1.54) is 44.9 Å². The number of alkyl halides is 3. The van der Waals surface area contributed by atoms with Crippen molar-refractivity contribution in [2.45, 2.75) is 26.3 Å². The number of quaternary nitrogens is 1. The topological polar surface area (TPSA) is 168 Å². The smallest absolute Gasteiger partial charge is 0.870 e. The number of phenols is 1. The van der Waals surface area contributed by atoms with E-state index in [2.05, 4.69) is 203 Å². The van der Waals surface area contributed by atoms with Gasteiger partial charge in [0, 0.05) is 39.8 Å². The Balaban J connectivity index is 0.000000313. The Morgan fingerprint density at radius 3 is 1.00 bits per heavy atom. The van der Waals surface area contributed by atoms with Crippen molar-refractivity contribution in [3.05, 3.63) is 218 Å². The molecule has 0 atom stereocenters. The van der Waals surface area contributed by atoms with Crippen LogP contribution in [0.4, 0.5) is 13.2 Å². The summed E-state index contributed by atoms with van der Waals surface area (Å²) in [5, 5.41) is 36.0. The fourth-order valence-corrected chi connectivity index (χ4v) is 8.46. The minimum Gasteiger partial charge on any atom is -0.870 e. The van der Waals surface area contributed by atoms with Crippen molar-refractivity contribution in [1.82, 2.24) is 29.1 Å². The van der Waals surface area contributed by atoms with Crippen LogP contribution in [0.3, 0.4) is 0 Å². The van der Waals surface area contributed by atoms with Gasteiger partial charge in [-0.2, -0.15) is 13.2 Å². The number of nitrogens with one attached hydrogen (secondary N) is 1. The van der Waals surface area contributed by atoms with Gasteiger partial charge in [0.15, 0.2) is 10.1 Å². The Morgan fingerprint density at radius 1 is 0.513 bits per heavy atom. The van der Waals surface area contributed by atoms with E-state index in [0.717, 1.165) is 67.5 Å². The van der Waals surface area contributed by atoms with E-state index in [0.29, 0.717) is 0 Å². The Morgan fingerprint density at radius 2 is 0.782 bits per heavy atom. The van der Waals surface area contributed by atoms with Crippen LogP contribution in [0.5, 0.6) is 17.2 Å². The predicted molar refractivity (Wildman–Crippen MR) is 295 cm³/mol. The first-order valence-electron chi connectivity index (χ1n) is 24.8. The Hall–Kier alpha value is -8.19. The van der Waals surface area contributed by atoms with Crippen LogP contribution in [-0.2, 0) is 27.2 Å². The second kappa shape index (κ2) is 27.7. The van der Waals surface area contributed by atoms with Crippen LogP contribution in [0.2, 0.25) is 0 Å². The molecule has 402 valence electrons. The van der Waals surface area contributed by atoms with Gasteiger partial charge < -0.3 is 38.2 Å². The second-order valence-corrected chi connectivity index (χ2v) is 18.8. The molecule has 0 saturated heterocycles. The molecule has 3 aromatic heterocycles. The van der Waals surface area contributed by atoms with Gasteiger partial charge in [-0.15, -0.1) is 0 Å². The van der Waals surface area contributed by atoms with E-state index in [9.17, 15) is 18.3 Å². The fourth-order valence-electron chi connectivity index (χ4n) is 8.46. The average Bonchev–Trinajstić information content (AvgIpc) is 4.26. The molecule has 0 saturated carbocycles. The van der Waals surface area contributed by atoms with Crippen LogP contribution >= 0.6 is 0 Å². The third kappa shape index (κ3) is 15.1. The van der Waals surface area contributed by atoms with Crippen molar-refractivity contribution in [2.75, 3.05) is 26.7 Å². The minimum atomic E-state index is -6.09. The van der Waals surface area contributed by atoms with Gasteiger partial charge in [0.2, 0.25) is 0 Å². The van der Waals surface area contributed by atoms with Crippen molar-refractivity contribution in [1.29, 1.82) is 0 Å². The van der Waals surface area contributed by atoms with Gasteiger partial charge in [-0.3, -0.25) is 0 Å². The number of benzene rings is 7. The third-order valence-corrected chi connectivity index (χ3v) is 13.1. The predicted octanol–water partition coefficient (Wildman–Crippen LogP) is 10.4. The molecule has 3 heterocycles. The molecule has 13 nitrogen and oxygen atoms in total. The number of phenolic OH excluding ortho intramolecular Hbond substituents is 1. The van der Waals surface area contributed by atoms with Gasteiger partial charge >= 0.3 is 29.7 Å². The van der Waals surface area contributed by atoms with Gasteiger partial charge in [-0.05, 0) is 61.7 Å². The maximum absolute atomic E-state index is 10.8. The van der Waals surface area contributed by atoms with Crippen molar-refractivity contribution in [3.8, 4) is 84.8 Å². The SMILES string of the molecule is CC[NH+](CC)CC.COc1cc(O)ccc1[O-].O=S(=O)([O-])C(F)(F)F.[Fe+2].c1ccc(-c2cc(-c3ccccc3)n([BH-](n3nc(-c4ccccc4)cc3-c3ccccc3)n3nc(-c4ccccc4)cc3-c3ccccc3)n2)cc1. The van der Waals surface area contributed by atoms with Crippen LogP contribution in [0, 0.1) is 0 Å². The zero-order valence-electron chi connectivity index (χ0n) is 43.2. The molecule has 0 aliphatic rings. The number of hydrogen-bond donors (Lipinski definition) is 2. The number of methoxy groups -OCH3 is 1. The zero-order valence-corrected chi connectivity index (χ0v) is 45.1. The number of rotatable bonds is 13. The molecule has 78 heavy (non-hydrogen) atoms. The van der Waals surface area contributed by atoms with E-state index >= 15 is 0 Å². The first kappa shape index (κ1) is 59.1. The van der Waals surface area contributed by atoms with Gasteiger partial charge in [-0.25, -0.2) is 23.7 Å². The number of aromatic nitrogens is 6. The quantitative estimate of drug-likeness (QED) is 0.0649. The summed E-state index contributed by atoms with van der Waals surface area (Å²) >= 11 is 0. The Kier molecular flexibility index (Phi) is 21.0. The summed E-state index contributed by atoms with van der Waals surface area (Å²) in [7, 11) is -6.67. The summed E-state index contributed by atoms with van der Waals surface area (Å²) in [5.41, 5.74) is 6.22. The molecule has 7 aromatic carbocycles. The summed E-state index contributed by atoms with van der Waals surface area (Å²) < 4.78 is 70.1. The van der Waals surface area contributed by atoms with E-state index in [4.69, 9.17) is 33.4 Å². The summed E-state index contributed by atoms with van der Waals surface area (Å²) in [6.07, 6.45) is 0. The fraction of sp³-hybridized carbons (Fsp3) is 0.136. The second-order valence-electron chi connectivity index (χ2n) is 17.4. The summed E-state index contributed by atoms with van der Waals surface area (Å²) in [6, 6.07) is 73.0. The molecule has 0 unspecified atom stereocenters. The van der Waals surface area contributed by atoms with Gasteiger partial charge in [-0.1, -0.05) is 194 Å². The number of halogens is 3.